The molecule has 0 unspecified atom stereocenters. The van der Waals surface area contributed by atoms with E-state index in [2.05, 4.69) is 0 Å². The van der Waals surface area contributed by atoms with E-state index in [1.54, 1.807) is 30.3 Å². The molecule has 19 heavy (non-hydrogen) atoms. The molecule has 5 nitrogen and oxygen atoms in total. The van der Waals surface area contributed by atoms with Crippen molar-refractivity contribution < 1.29 is 9.66 Å². The number of non-ortho nitro benzene ring substituents is 1. The van der Waals surface area contributed by atoms with Crippen molar-refractivity contribution in [2.45, 2.75) is 0 Å². The van der Waals surface area contributed by atoms with Gasteiger partial charge in [-0.3, -0.25) is 10.1 Å². The molecule has 2 rings (SSSR count). The maximum absolute atomic E-state index is 10.7. The van der Waals surface area contributed by atoms with E-state index in [1.165, 1.54) is 19.2 Å². The molecule has 5 heteroatoms. The topological polar surface area (TPSA) is 76.2 Å². The van der Waals surface area contributed by atoms with E-state index in [0.717, 1.165) is 11.1 Å². The second-order valence-corrected chi connectivity index (χ2v) is 3.83. The molecule has 0 fully saturated rings. The van der Waals surface area contributed by atoms with Gasteiger partial charge in [0, 0.05) is 11.6 Å². The molecule has 0 aliphatic carbocycles. The number of nitrogens with zero attached hydrogens (tertiary/aromatic N) is 2. The molecule has 94 valence electrons. The van der Waals surface area contributed by atoms with Gasteiger partial charge in [-0.2, -0.15) is 5.26 Å². The first-order valence-corrected chi connectivity index (χ1v) is 5.48. The van der Waals surface area contributed by atoms with Gasteiger partial charge in [0.25, 0.3) is 5.69 Å². The summed E-state index contributed by atoms with van der Waals surface area (Å²) in [6.07, 6.45) is 0. The predicted molar refractivity (Wildman–Crippen MR) is 69.8 cm³/mol. The number of nitro benzene ring substituents is 1. The lowest BCUT2D eigenvalue weighted by molar-refractivity contribution is -0.384. The van der Waals surface area contributed by atoms with Crippen LogP contribution in [0.4, 0.5) is 5.69 Å². The van der Waals surface area contributed by atoms with Crippen molar-refractivity contribution in [3.05, 3.63) is 58.1 Å². The fraction of sp³-hybridized carbons (Fsp3) is 0.0714. The summed E-state index contributed by atoms with van der Waals surface area (Å²) in [7, 11) is 1.46. The minimum atomic E-state index is -0.467. The van der Waals surface area contributed by atoms with E-state index >= 15 is 0 Å². The summed E-state index contributed by atoms with van der Waals surface area (Å²) in [4.78, 5) is 10.2. The third-order valence-electron chi connectivity index (χ3n) is 2.72. The zero-order valence-electron chi connectivity index (χ0n) is 10.2. The van der Waals surface area contributed by atoms with Gasteiger partial charge >= 0.3 is 0 Å². The fourth-order valence-corrected chi connectivity index (χ4v) is 1.76. The molecule has 0 radical (unpaired) electrons. The molecular formula is C14H10N2O3. The summed E-state index contributed by atoms with van der Waals surface area (Å²) >= 11 is 0. The van der Waals surface area contributed by atoms with Gasteiger partial charge in [0.05, 0.1) is 29.7 Å². The smallest absolute Gasteiger partial charge is 0.273 e. The van der Waals surface area contributed by atoms with Gasteiger partial charge in [0.2, 0.25) is 0 Å². The molecule has 0 saturated heterocycles. The van der Waals surface area contributed by atoms with E-state index < -0.39 is 4.92 Å². The van der Waals surface area contributed by atoms with E-state index in [4.69, 9.17) is 10.00 Å². The molecule has 0 aliphatic heterocycles. The van der Waals surface area contributed by atoms with Crippen molar-refractivity contribution in [2.75, 3.05) is 7.11 Å². The van der Waals surface area contributed by atoms with Crippen LogP contribution in [0.25, 0.3) is 11.1 Å². The second kappa shape index (κ2) is 5.19. The number of hydrogen-bond acceptors (Lipinski definition) is 4. The second-order valence-electron chi connectivity index (χ2n) is 3.83. The maximum atomic E-state index is 10.7. The normalized spacial score (nSPS) is 9.68. The Kier molecular flexibility index (Phi) is 3.44. The van der Waals surface area contributed by atoms with Crippen molar-refractivity contribution in [1.29, 1.82) is 5.26 Å². The quantitative estimate of drug-likeness (QED) is 0.622. The molecule has 0 heterocycles. The highest BCUT2D eigenvalue weighted by Gasteiger charge is 2.12. The molecular weight excluding hydrogens is 244 g/mol. The van der Waals surface area contributed by atoms with Crippen LogP contribution in [0.2, 0.25) is 0 Å². The summed E-state index contributed by atoms with van der Waals surface area (Å²) in [5.74, 6) is 0.430. The third kappa shape index (κ3) is 2.53. The van der Waals surface area contributed by atoms with Crippen LogP contribution >= 0.6 is 0 Å². The Labute approximate surface area is 109 Å². The first-order valence-electron chi connectivity index (χ1n) is 5.48. The van der Waals surface area contributed by atoms with Gasteiger partial charge in [-0.25, -0.2) is 0 Å². The van der Waals surface area contributed by atoms with Gasteiger partial charge in [-0.05, 0) is 23.8 Å². The molecule has 2 aromatic carbocycles. The number of nitriles is 1. The number of nitro groups is 1. The molecule has 0 N–H and O–H groups in total. The Morgan fingerprint density at radius 1 is 1.21 bits per heavy atom. The number of hydrogen-bond donors (Lipinski definition) is 0. The molecule has 0 saturated carbocycles. The van der Waals surface area contributed by atoms with Crippen LogP contribution in [0.1, 0.15) is 5.56 Å². The Morgan fingerprint density at radius 3 is 2.42 bits per heavy atom. The SMILES string of the molecule is COc1cc([N+](=O)[O-])ccc1-c1ccc(C#N)cc1. The van der Waals surface area contributed by atoms with Crippen molar-refractivity contribution in [1.82, 2.24) is 0 Å². The van der Waals surface area contributed by atoms with Gasteiger partial charge in [-0.1, -0.05) is 12.1 Å². The van der Waals surface area contributed by atoms with Gasteiger partial charge in [0.15, 0.2) is 0 Å². The summed E-state index contributed by atoms with van der Waals surface area (Å²) in [5.41, 5.74) is 2.13. The van der Waals surface area contributed by atoms with E-state index in [-0.39, 0.29) is 5.69 Å². The van der Waals surface area contributed by atoms with Crippen LogP contribution in [0.15, 0.2) is 42.5 Å². The lowest BCUT2D eigenvalue weighted by atomic mass is 10.0. The first kappa shape index (κ1) is 12.6. The zero-order valence-corrected chi connectivity index (χ0v) is 10.2. The van der Waals surface area contributed by atoms with Crippen molar-refractivity contribution in [3.8, 4) is 22.9 Å². The number of benzene rings is 2. The molecule has 0 aromatic heterocycles. The van der Waals surface area contributed by atoms with Crippen LogP contribution < -0.4 is 4.74 Å². The highest BCUT2D eigenvalue weighted by Crippen LogP contribution is 2.33. The lowest BCUT2D eigenvalue weighted by Crippen LogP contribution is -1.92. The van der Waals surface area contributed by atoms with Crippen LogP contribution in [0, 0.1) is 21.4 Å². The minimum absolute atomic E-state index is 0.0192. The molecule has 0 amide bonds. The predicted octanol–water partition coefficient (Wildman–Crippen LogP) is 3.14. The molecule has 0 aliphatic rings. The van der Waals surface area contributed by atoms with Gasteiger partial charge in [-0.15, -0.1) is 0 Å². The number of ether oxygens (including phenoxy) is 1. The van der Waals surface area contributed by atoms with Crippen LogP contribution in [-0.4, -0.2) is 12.0 Å². The minimum Gasteiger partial charge on any atom is -0.496 e. The third-order valence-corrected chi connectivity index (χ3v) is 2.72. The van der Waals surface area contributed by atoms with Crippen molar-refractivity contribution in [3.63, 3.8) is 0 Å². The standard InChI is InChI=1S/C14H10N2O3/c1-19-14-8-12(16(17)18)6-7-13(14)11-4-2-10(9-15)3-5-11/h2-8H,1H3. The highest BCUT2D eigenvalue weighted by atomic mass is 16.6. The lowest BCUT2D eigenvalue weighted by Gasteiger charge is -2.08. The summed E-state index contributed by atoms with van der Waals surface area (Å²) in [6, 6.07) is 13.4. The van der Waals surface area contributed by atoms with Crippen LogP contribution in [0.5, 0.6) is 5.75 Å². The largest absolute Gasteiger partial charge is 0.496 e. The average Bonchev–Trinajstić information content (AvgIpc) is 2.46. The summed E-state index contributed by atoms with van der Waals surface area (Å²) in [6.45, 7) is 0. The van der Waals surface area contributed by atoms with Gasteiger partial charge < -0.3 is 4.74 Å². The Morgan fingerprint density at radius 2 is 1.89 bits per heavy atom. The van der Waals surface area contributed by atoms with E-state index in [9.17, 15) is 10.1 Å². The summed E-state index contributed by atoms with van der Waals surface area (Å²) < 4.78 is 5.18. The average molecular weight is 254 g/mol. The van der Waals surface area contributed by atoms with Crippen molar-refractivity contribution in [2.24, 2.45) is 0 Å². The van der Waals surface area contributed by atoms with Crippen LogP contribution in [-0.2, 0) is 0 Å². The first-order chi connectivity index (χ1) is 9.15. The molecule has 0 bridgehead atoms. The van der Waals surface area contributed by atoms with Gasteiger partial charge in [0.1, 0.15) is 5.75 Å². The van der Waals surface area contributed by atoms with Crippen molar-refractivity contribution >= 4 is 5.69 Å². The number of rotatable bonds is 3. The Balaban J connectivity index is 2.49. The van der Waals surface area contributed by atoms with Crippen LogP contribution in [0.3, 0.4) is 0 Å². The summed E-state index contributed by atoms with van der Waals surface area (Å²) in [5, 5.41) is 19.5. The molecule has 0 spiro atoms. The monoisotopic (exact) mass is 254 g/mol. The Hall–Kier alpha value is -2.87. The zero-order chi connectivity index (χ0) is 13.8. The molecule has 2 aromatic rings. The fourth-order valence-electron chi connectivity index (χ4n) is 1.76. The van der Waals surface area contributed by atoms with E-state index in [0.29, 0.717) is 11.3 Å². The molecule has 0 atom stereocenters. The highest BCUT2D eigenvalue weighted by molar-refractivity contribution is 5.72. The van der Waals surface area contributed by atoms with E-state index in [1.807, 2.05) is 6.07 Å². The maximum Gasteiger partial charge on any atom is 0.273 e. The Bertz CT molecular complexity index is 657. The number of methoxy groups -OCH3 is 1.